The summed E-state index contributed by atoms with van der Waals surface area (Å²) in [7, 11) is 0. The highest BCUT2D eigenvalue weighted by Crippen LogP contribution is 2.30. The van der Waals surface area contributed by atoms with Crippen molar-refractivity contribution in [2.45, 2.75) is 13.5 Å². The van der Waals surface area contributed by atoms with E-state index in [0.717, 1.165) is 21.5 Å². The second kappa shape index (κ2) is 7.42. The van der Waals surface area contributed by atoms with E-state index in [1.54, 1.807) is 0 Å². The van der Waals surface area contributed by atoms with E-state index >= 15 is 0 Å². The molecule has 0 spiro atoms. The number of benzene rings is 3. The molecular weight excluding hydrogens is 362 g/mol. The maximum atomic E-state index is 5.75. The van der Waals surface area contributed by atoms with E-state index in [4.69, 9.17) is 11.2 Å². The van der Waals surface area contributed by atoms with E-state index in [9.17, 15) is 0 Å². The Kier molecular flexibility index (Phi) is 5.08. The van der Waals surface area contributed by atoms with E-state index in [2.05, 4.69) is 64.4 Å². The van der Waals surface area contributed by atoms with Gasteiger partial charge in [-0.05, 0) is 47.5 Å². The molecule has 0 atom stereocenters. The van der Waals surface area contributed by atoms with Crippen molar-refractivity contribution in [1.82, 2.24) is 0 Å². The first-order chi connectivity index (χ1) is 11.7. The monoisotopic (exact) mass is 379 g/mol. The third kappa shape index (κ3) is 3.55. The average molecular weight is 380 g/mol. The predicted octanol–water partition coefficient (Wildman–Crippen LogP) is 5.53. The third-order valence-corrected chi connectivity index (χ3v) is 4.45. The first-order valence-electron chi connectivity index (χ1n) is 7.76. The number of halogens is 1. The van der Waals surface area contributed by atoms with Gasteiger partial charge in [0.25, 0.3) is 0 Å². The number of aryl methyl sites for hydroxylation is 1. The Balaban J connectivity index is 1.95. The van der Waals surface area contributed by atoms with E-state index in [0.29, 0.717) is 6.54 Å². The summed E-state index contributed by atoms with van der Waals surface area (Å²) in [5, 5.41) is 5.88. The van der Waals surface area contributed by atoms with Crippen molar-refractivity contribution in [2.75, 3.05) is 11.9 Å². The molecule has 0 fully saturated rings. The molecule has 24 heavy (non-hydrogen) atoms. The van der Waals surface area contributed by atoms with Crippen molar-refractivity contribution in [3.63, 3.8) is 0 Å². The molecule has 0 saturated carbocycles. The highest BCUT2D eigenvalue weighted by atomic mass is 79.9. The van der Waals surface area contributed by atoms with Crippen LogP contribution in [0.2, 0.25) is 0 Å². The van der Waals surface area contributed by atoms with E-state index < -0.39 is 0 Å². The Morgan fingerprint density at radius 3 is 2.75 bits per heavy atom. The van der Waals surface area contributed by atoms with Crippen LogP contribution in [-0.4, -0.2) is 6.61 Å². The van der Waals surface area contributed by atoms with Crippen molar-refractivity contribution in [3.8, 4) is 18.1 Å². The molecule has 2 nitrogen and oxygen atoms in total. The molecule has 3 heteroatoms. The Labute approximate surface area is 151 Å². The highest BCUT2D eigenvalue weighted by Gasteiger charge is 2.09. The zero-order chi connectivity index (χ0) is 16.9. The van der Waals surface area contributed by atoms with Gasteiger partial charge in [0.05, 0.1) is 0 Å². The van der Waals surface area contributed by atoms with Crippen LogP contribution in [0.4, 0.5) is 5.69 Å². The number of ether oxygens (including phenoxy) is 1. The molecule has 1 N–H and O–H groups in total. The predicted molar refractivity (Wildman–Crippen MR) is 104 cm³/mol. The maximum Gasteiger partial charge on any atom is 0.148 e. The van der Waals surface area contributed by atoms with Gasteiger partial charge in [0.1, 0.15) is 12.4 Å². The average Bonchev–Trinajstić information content (AvgIpc) is 2.59. The summed E-state index contributed by atoms with van der Waals surface area (Å²) in [5.41, 5.74) is 3.41. The maximum absolute atomic E-state index is 5.75. The Bertz CT molecular complexity index is 911. The molecule has 3 rings (SSSR count). The van der Waals surface area contributed by atoms with Gasteiger partial charge in [-0.15, -0.1) is 6.42 Å². The summed E-state index contributed by atoms with van der Waals surface area (Å²) in [6.45, 7) is 3.03. The van der Waals surface area contributed by atoms with Crippen LogP contribution in [-0.2, 0) is 6.54 Å². The number of hydrogen-bond acceptors (Lipinski definition) is 2. The highest BCUT2D eigenvalue weighted by molar-refractivity contribution is 9.10. The van der Waals surface area contributed by atoms with Crippen molar-refractivity contribution < 1.29 is 4.74 Å². The van der Waals surface area contributed by atoms with Crippen LogP contribution >= 0.6 is 15.9 Å². The molecule has 0 radical (unpaired) electrons. The lowest BCUT2D eigenvalue weighted by atomic mass is 10.0. The summed E-state index contributed by atoms with van der Waals surface area (Å²) >= 11 is 3.50. The number of terminal acetylenes is 1. The van der Waals surface area contributed by atoms with Gasteiger partial charge < -0.3 is 10.1 Å². The molecule has 0 saturated heterocycles. The Hall–Kier alpha value is -2.44. The first-order valence-corrected chi connectivity index (χ1v) is 8.55. The number of fused-ring (bicyclic) bond motifs is 1. The van der Waals surface area contributed by atoms with Crippen LogP contribution in [0.25, 0.3) is 10.8 Å². The van der Waals surface area contributed by atoms with Gasteiger partial charge in [0.2, 0.25) is 0 Å². The van der Waals surface area contributed by atoms with Crippen molar-refractivity contribution in [1.29, 1.82) is 0 Å². The van der Waals surface area contributed by atoms with Crippen LogP contribution in [0.3, 0.4) is 0 Å². The molecule has 0 amide bonds. The SMILES string of the molecule is C#CCOc1ccc2ccccc2c1CNc1ccc(Br)cc1C. The van der Waals surface area contributed by atoms with Crippen molar-refractivity contribution >= 4 is 32.4 Å². The summed E-state index contributed by atoms with van der Waals surface area (Å²) in [4.78, 5) is 0. The second-order valence-corrected chi connectivity index (χ2v) is 6.48. The summed E-state index contributed by atoms with van der Waals surface area (Å²) in [5.74, 6) is 3.36. The van der Waals surface area contributed by atoms with Crippen LogP contribution < -0.4 is 10.1 Å². The zero-order valence-corrected chi connectivity index (χ0v) is 15.1. The summed E-state index contributed by atoms with van der Waals surface area (Å²) in [6.07, 6.45) is 5.34. The fourth-order valence-electron chi connectivity index (χ4n) is 2.76. The van der Waals surface area contributed by atoms with Crippen LogP contribution in [0, 0.1) is 19.3 Å². The molecule has 0 unspecified atom stereocenters. The summed E-state index contributed by atoms with van der Waals surface area (Å²) < 4.78 is 6.83. The first kappa shape index (κ1) is 16.4. The van der Waals surface area contributed by atoms with Crippen molar-refractivity contribution in [2.24, 2.45) is 0 Å². The Morgan fingerprint density at radius 1 is 1.12 bits per heavy atom. The largest absolute Gasteiger partial charge is 0.481 e. The van der Waals surface area contributed by atoms with E-state index in [1.807, 2.05) is 24.3 Å². The molecular formula is C21H18BrNO. The molecule has 120 valence electrons. The standard InChI is InChI=1S/C21H18BrNO/c1-3-12-24-21-11-8-16-6-4-5-7-18(16)19(21)14-23-20-10-9-17(22)13-15(20)2/h1,4-11,13,23H,12,14H2,2H3. The number of anilines is 1. The quantitative estimate of drug-likeness (QED) is 0.588. The minimum absolute atomic E-state index is 0.267. The lowest BCUT2D eigenvalue weighted by Crippen LogP contribution is -2.05. The van der Waals surface area contributed by atoms with Gasteiger partial charge in [-0.25, -0.2) is 0 Å². The van der Waals surface area contributed by atoms with Gasteiger partial charge in [0.15, 0.2) is 0 Å². The lowest BCUT2D eigenvalue weighted by Gasteiger charge is -2.16. The third-order valence-electron chi connectivity index (χ3n) is 3.95. The van der Waals surface area contributed by atoms with E-state index in [-0.39, 0.29) is 6.61 Å². The van der Waals surface area contributed by atoms with Gasteiger partial charge in [-0.3, -0.25) is 0 Å². The van der Waals surface area contributed by atoms with Gasteiger partial charge in [-0.1, -0.05) is 52.2 Å². The fraction of sp³-hybridized carbons (Fsp3) is 0.143. The minimum atomic E-state index is 0.267. The number of rotatable bonds is 5. The van der Waals surface area contributed by atoms with Crippen LogP contribution in [0.5, 0.6) is 5.75 Å². The lowest BCUT2D eigenvalue weighted by molar-refractivity contribution is 0.367. The van der Waals surface area contributed by atoms with Crippen molar-refractivity contribution in [3.05, 3.63) is 70.2 Å². The molecule has 3 aromatic carbocycles. The Morgan fingerprint density at radius 2 is 1.96 bits per heavy atom. The van der Waals surface area contributed by atoms with Gasteiger partial charge in [-0.2, -0.15) is 0 Å². The molecule has 0 aromatic heterocycles. The molecule has 0 aliphatic carbocycles. The number of nitrogens with one attached hydrogen (secondary N) is 1. The van der Waals surface area contributed by atoms with E-state index in [1.165, 1.54) is 16.3 Å². The molecule has 0 aliphatic rings. The summed E-state index contributed by atoms with van der Waals surface area (Å²) in [6, 6.07) is 18.6. The number of hydrogen-bond donors (Lipinski definition) is 1. The van der Waals surface area contributed by atoms with Gasteiger partial charge >= 0.3 is 0 Å². The normalized spacial score (nSPS) is 10.4. The molecule has 0 aliphatic heterocycles. The molecule has 0 heterocycles. The molecule has 0 bridgehead atoms. The van der Waals surface area contributed by atoms with Crippen LogP contribution in [0.1, 0.15) is 11.1 Å². The topological polar surface area (TPSA) is 21.3 Å². The second-order valence-electron chi connectivity index (χ2n) is 5.57. The smallest absolute Gasteiger partial charge is 0.148 e. The molecule has 3 aromatic rings. The zero-order valence-electron chi connectivity index (χ0n) is 13.5. The minimum Gasteiger partial charge on any atom is -0.481 e. The van der Waals surface area contributed by atoms with Crippen LogP contribution in [0.15, 0.2) is 59.1 Å². The van der Waals surface area contributed by atoms with Gasteiger partial charge in [0, 0.05) is 22.3 Å². The fourth-order valence-corrected chi connectivity index (χ4v) is 3.24.